The highest BCUT2D eigenvalue weighted by molar-refractivity contribution is 5.91. The first-order chi connectivity index (χ1) is 8.47. The molecule has 0 radical (unpaired) electrons. The van der Waals surface area contributed by atoms with Gasteiger partial charge in [-0.25, -0.2) is 9.59 Å². The van der Waals surface area contributed by atoms with Crippen molar-refractivity contribution in [2.24, 2.45) is 0 Å². The zero-order valence-corrected chi connectivity index (χ0v) is 10.4. The van der Waals surface area contributed by atoms with Gasteiger partial charge in [-0.1, -0.05) is 0 Å². The van der Waals surface area contributed by atoms with E-state index in [2.05, 4.69) is 0 Å². The van der Waals surface area contributed by atoms with Gasteiger partial charge in [-0.05, 0) is 20.3 Å². The van der Waals surface area contributed by atoms with Gasteiger partial charge in [0, 0.05) is 18.6 Å². The van der Waals surface area contributed by atoms with Gasteiger partial charge in [-0.15, -0.1) is 0 Å². The second kappa shape index (κ2) is 6.78. The molecule has 0 aromatic carbocycles. The van der Waals surface area contributed by atoms with E-state index in [-0.39, 0.29) is 24.8 Å². The SMILES string of the molecule is CC(C)OC(=O)/C=C/C(=O)OCC1CCC(=O)O1. The van der Waals surface area contributed by atoms with E-state index in [0.717, 1.165) is 12.2 Å². The largest absolute Gasteiger partial charge is 0.460 e. The van der Waals surface area contributed by atoms with E-state index in [1.54, 1.807) is 13.8 Å². The lowest BCUT2D eigenvalue weighted by Crippen LogP contribution is -2.17. The summed E-state index contributed by atoms with van der Waals surface area (Å²) in [5.41, 5.74) is 0. The highest BCUT2D eigenvalue weighted by Gasteiger charge is 2.24. The summed E-state index contributed by atoms with van der Waals surface area (Å²) in [5.74, 6) is -1.56. The van der Waals surface area contributed by atoms with E-state index in [0.29, 0.717) is 12.8 Å². The Morgan fingerprint density at radius 2 is 2.06 bits per heavy atom. The van der Waals surface area contributed by atoms with Crippen molar-refractivity contribution in [2.75, 3.05) is 6.61 Å². The third kappa shape index (κ3) is 5.47. The molecule has 0 bridgehead atoms. The van der Waals surface area contributed by atoms with Gasteiger partial charge >= 0.3 is 17.9 Å². The lowest BCUT2D eigenvalue weighted by molar-refractivity contribution is -0.149. The summed E-state index contributed by atoms with van der Waals surface area (Å²) < 4.78 is 14.5. The average Bonchev–Trinajstić information content (AvgIpc) is 2.69. The number of rotatable bonds is 5. The maximum Gasteiger partial charge on any atom is 0.331 e. The molecule has 1 unspecified atom stereocenters. The summed E-state index contributed by atoms with van der Waals surface area (Å²) in [6, 6.07) is 0. The van der Waals surface area contributed by atoms with Crippen molar-refractivity contribution in [1.29, 1.82) is 0 Å². The molecule has 1 aliphatic heterocycles. The highest BCUT2D eigenvalue weighted by Crippen LogP contribution is 2.13. The number of ether oxygens (including phenoxy) is 3. The molecule has 0 saturated carbocycles. The molecule has 1 rings (SSSR count). The van der Waals surface area contributed by atoms with Crippen LogP contribution in [-0.4, -0.2) is 36.7 Å². The monoisotopic (exact) mass is 256 g/mol. The predicted molar refractivity (Wildman–Crippen MR) is 60.4 cm³/mol. The zero-order valence-electron chi connectivity index (χ0n) is 10.4. The van der Waals surface area contributed by atoms with E-state index in [4.69, 9.17) is 14.2 Å². The molecular weight excluding hydrogens is 240 g/mol. The highest BCUT2D eigenvalue weighted by atomic mass is 16.6. The minimum atomic E-state index is -0.668. The third-order valence-electron chi connectivity index (χ3n) is 2.09. The average molecular weight is 256 g/mol. The van der Waals surface area contributed by atoms with Crippen LogP contribution in [0.2, 0.25) is 0 Å². The molecule has 6 nitrogen and oxygen atoms in total. The van der Waals surface area contributed by atoms with Crippen LogP contribution in [0.1, 0.15) is 26.7 Å². The molecule has 18 heavy (non-hydrogen) atoms. The van der Waals surface area contributed by atoms with Crippen LogP contribution in [0.15, 0.2) is 12.2 Å². The summed E-state index contributed by atoms with van der Waals surface area (Å²) in [4.78, 5) is 33.1. The molecule has 1 saturated heterocycles. The minimum Gasteiger partial charge on any atom is -0.460 e. The quantitative estimate of drug-likeness (QED) is 0.410. The van der Waals surface area contributed by atoms with E-state index in [9.17, 15) is 14.4 Å². The summed E-state index contributed by atoms with van der Waals surface area (Å²) in [5, 5.41) is 0. The number of esters is 3. The Balaban J connectivity index is 2.22. The smallest absolute Gasteiger partial charge is 0.331 e. The lowest BCUT2D eigenvalue weighted by atomic mass is 10.2. The van der Waals surface area contributed by atoms with Crippen LogP contribution in [0.3, 0.4) is 0 Å². The normalized spacial score (nSPS) is 19.1. The summed E-state index contributed by atoms with van der Waals surface area (Å²) in [7, 11) is 0. The van der Waals surface area contributed by atoms with E-state index >= 15 is 0 Å². The van der Waals surface area contributed by atoms with E-state index in [1.807, 2.05) is 0 Å². The fourth-order valence-corrected chi connectivity index (χ4v) is 1.33. The first kappa shape index (κ1) is 14.2. The molecule has 0 amide bonds. The second-order valence-corrected chi connectivity index (χ2v) is 4.10. The van der Waals surface area contributed by atoms with Crippen LogP contribution >= 0.6 is 0 Å². The van der Waals surface area contributed by atoms with Crippen molar-refractivity contribution in [2.45, 2.75) is 38.9 Å². The number of carbonyl (C=O) groups excluding carboxylic acids is 3. The minimum absolute atomic E-state index is 0.00808. The fraction of sp³-hybridized carbons (Fsp3) is 0.583. The first-order valence-electron chi connectivity index (χ1n) is 5.72. The molecule has 1 aliphatic rings. The third-order valence-corrected chi connectivity index (χ3v) is 2.09. The van der Waals surface area contributed by atoms with Crippen LogP contribution in [0, 0.1) is 0 Å². The van der Waals surface area contributed by atoms with Gasteiger partial charge in [0.25, 0.3) is 0 Å². The number of cyclic esters (lactones) is 1. The molecule has 6 heteroatoms. The van der Waals surface area contributed by atoms with Crippen molar-refractivity contribution in [3.8, 4) is 0 Å². The molecule has 100 valence electrons. The Bertz CT molecular complexity index is 358. The van der Waals surface area contributed by atoms with Gasteiger partial charge in [0.05, 0.1) is 6.10 Å². The Hall–Kier alpha value is -1.85. The van der Waals surface area contributed by atoms with Gasteiger partial charge in [-0.2, -0.15) is 0 Å². The van der Waals surface area contributed by atoms with Crippen LogP contribution in [0.4, 0.5) is 0 Å². The molecule has 0 aliphatic carbocycles. The molecular formula is C12H16O6. The molecule has 0 spiro atoms. The Morgan fingerprint density at radius 1 is 1.39 bits per heavy atom. The summed E-state index contributed by atoms with van der Waals surface area (Å²) >= 11 is 0. The number of carbonyl (C=O) groups is 3. The van der Waals surface area contributed by atoms with Gasteiger partial charge in [0.1, 0.15) is 12.7 Å². The van der Waals surface area contributed by atoms with E-state index < -0.39 is 11.9 Å². The Labute approximate surface area is 105 Å². The van der Waals surface area contributed by atoms with Gasteiger partial charge in [0.2, 0.25) is 0 Å². The molecule has 0 aromatic rings. The van der Waals surface area contributed by atoms with E-state index in [1.165, 1.54) is 0 Å². The predicted octanol–water partition coefficient (Wildman–Crippen LogP) is 0.743. The molecule has 1 fully saturated rings. The number of hydrogen-bond donors (Lipinski definition) is 0. The van der Waals surface area contributed by atoms with Gasteiger partial charge in [0.15, 0.2) is 0 Å². The van der Waals surface area contributed by atoms with Crippen LogP contribution in [-0.2, 0) is 28.6 Å². The second-order valence-electron chi connectivity index (χ2n) is 4.10. The molecule has 1 heterocycles. The molecule has 0 aromatic heterocycles. The summed E-state index contributed by atoms with van der Waals surface area (Å²) in [6.07, 6.45) is 2.27. The lowest BCUT2D eigenvalue weighted by Gasteiger charge is -2.08. The summed E-state index contributed by atoms with van der Waals surface area (Å²) in [6.45, 7) is 3.42. The maximum atomic E-state index is 11.2. The number of hydrogen-bond acceptors (Lipinski definition) is 6. The first-order valence-corrected chi connectivity index (χ1v) is 5.72. The zero-order chi connectivity index (χ0) is 13.5. The van der Waals surface area contributed by atoms with Crippen molar-refractivity contribution in [3.63, 3.8) is 0 Å². The standard InChI is InChI=1S/C12H16O6/c1-8(2)17-11(14)6-5-10(13)16-7-9-3-4-12(15)18-9/h5-6,8-9H,3-4,7H2,1-2H3/b6-5+. The fourth-order valence-electron chi connectivity index (χ4n) is 1.33. The molecule has 1 atom stereocenters. The topological polar surface area (TPSA) is 78.9 Å². The molecule has 0 N–H and O–H groups in total. The van der Waals surface area contributed by atoms with Crippen LogP contribution in [0.5, 0.6) is 0 Å². The van der Waals surface area contributed by atoms with Crippen LogP contribution in [0.25, 0.3) is 0 Å². The van der Waals surface area contributed by atoms with Crippen LogP contribution < -0.4 is 0 Å². The van der Waals surface area contributed by atoms with Gasteiger partial charge < -0.3 is 14.2 Å². The van der Waals surface area contributed by atoms with Gasteiger partial charge in [-0.3, -0.25) is 4.79 Å². The van der Waals surface area contributed by atoms with Crippen molar-refractivity contribution in [1.82, 2.24) is 0 Å². The van der Waals surface area contributed by atoms with Crippen molar-refractivity contribution < 1.29 is 28.6 Å². The van der Waals surface area contributed by atoms with Crippen molar-refractivity contribution in [3.05, 3.63) is 12.2 Å². The Kier molecular flexibility index (Phi) is 5.35. The maximum absolute atomic E-state index is 11.2. The Morgan fingerprint density at radius 3 is 2.61 bits per heavy atom. The van der Waals surface area contributed by atoms with Crippen molar-refractivity contribution >= 4 is 17.9 Å².